The SMILES string of the molecule is c1ccc(S[C@H]2CCCO[C@@H]2c2ccccc2)cc1. The van der Waals surface area contributed by atoms with Crippen molar-refractivity contribution in [1.29, 1.82) is 0 Å². The lowest BCUT2D eigenvalue weighted by atomic mass is 10.0. The van der Waals surface area contributed by atoms with Gasteiger partial charge in [0.15, 0.2) is 0 Å². The fourth-order valence-corrected chi connectivity index (χ4v) is 3.81. The Morgan fingerprint density at radius 2 is 1.58 bits per heavy atom. The Bertz CT molecular complexity index is 497. The monoisotopic (exact) mass is 270 g/mol. The molecule has 0 bridgehead atoms. The number of hydrogen-bond acceptors (Lipinski definition) is 2. The number of thioether (sulfide) groups is 1. The zero-order valence-corrected chi connectivity index (χ0v) is 11.7. The van der Waals surface area contributed by atoms with Crippen molar-refractivity contribution in [2.24, 2.45) is 0 Å². The van der Waals surface area contributed by atoms with Crippen LogP contribution in [0.2, 0.25) is 0 Å². The molecule has 2 aromatic carbocycles. The predicted molar refractivity (Wildman–Crippen MR) is 80.5 cm³/mol. The summed E-state index contributed by atoms with van der Waals surface area (Å²) in [7, 11) is 0. The van der Waals surface area contributed by atoms with Crippen molar-refractivity contribution in [1.82, 2.24) is 0 Å². The summed E-state index contributed by atoms with van der Waals surface area (Å²) in [5.74, 6) is 0. The Kier molecular flexibility index (Phi) is 4.21. The smallest absolute Gasteiger partial charge is 0.0946 e. The summed E-state index contributed by atoms with van der Waals surface area (Å²) in [5.41, 5.74) is 1.30. The third-order valence-electron chi connectivity index (χ3n) is 3.43. The molecule has 0 amide bonds. The average Bonchev–Trinajstić information content (AvgIpc) is 2.50. The topological polar surface area (TPSA) is 9.23 Å². The highest BCUT2D eigenvalue weighted by molar-refractivity contribution is 8.00. The summed E-state index contributed by atoms with van der Waals surface area (Å²) in [6.45, 7) is 0.880. The van der Waals surface area contributed by atoms with Gasteiger partial charge in [-0.15, -0.1) is 11.8 Å². The van der Waals surface area contributed by atoms with Gasteiger partial charge >= 0.3 is 0 Å². The lowest BCUT2D eigenvalue weighted by Gasteiger charge is -2.31. The number of rotatable bonds is 3. The van der Waals surface area contributed by atoms with Gasteiger partial charge < -0.3 is 4.74 Å². The normalized spacial score (nSPS) is 23.2. The second-order valence-electron chi connectivity index (χ2n) is 4.81. The molecule has 0 unspecified atom stereocenters. The van der Waals surface area contributed by atoms with Gasteiger partial charge in [-0.1, -0.05) is 48.5 Å². The second kappa shape index (κ2) is 6.27. The van der Waals surface area contributed by atoms with E-state index in [0.29, 0.717) is 5.25 Å². The maximum absolute atomic E-state index is 6.03. The standard InChI is InChI=1S/C17H18OS/c1-3-8-14(9-4-1)17-16(12-7-13-18-17)19-15-10-5-2-6-11-15/h1-6,8-11,16-17H,7,12-13H2/t16-,17+/m0/s1. The lowest BCUT2D eigenvalue weighted by molar-refractivity contribution is 0.0202. The van der Waals surface area contributed by atoms with E-state index in [1.165, 1.54) is 16.9 Å². The van der Waals surface area contributed by atoms with Gasteiger partial charge in [-0.05, 0) is 30.5 Å². The molecule has 0 aliphatic carbocycles. The highest BCUT2D eigenvalue weighted by Crippen LogP contribution is 2.39. The molecule has 98 valence electrons. The van der Waals surface area contributed by atoms with Crippen molar-refractivity contribution in [3.8, 4) is 0 Å². The molecule has 2 aromatic rings. The number of ether oxygens (including phenoxy) is 1. The summed E-state index contributed by atoms with van der Waals surface area (Å²) >= 11 is 1.94. The first kappa shape index (κ1) is 12.8. The first-order chi connectivity index (χ1) is 9.43. The second-order valence-corrected chi connectivity index (χ2v) is 6.13. The van der Waals surface area contributed by atoms with E-state index in [2.05, 4.69) is 60.7 Å². The molecule has 1 fully saturated rings. The largest absolute Gasteiger partial charge is 0.372 e. The van der Waals surface area contributed by atoms with Crippen LogP contribution in [-0.4, -0.2) is 11.9 Å². The predicted octanol–water partition coefficient (Wildman–Crippen LogP) is 4.70. The third-order valence-corrected chi connectivity index (χ3v) is 4.76. The molecular formula is C17H18OS. The minimum absolute atomic E-state index is 0.222. The Labute approximate surface area is 119 Å². The lowest BCUT2D eigenvalue weighted by Crippen LogP contribution is -2.24. The van der Waals surface area contributed by atoms with Gasteiger partial charge in [0, 0.05) is 16.8 Å². The Balaban J connectivity index is 1.78. The van der Waals surface area contributed by atoms with E-state index in [-0.39, 0.29) is 6.10 Å². The van der Waals surface area contributed by atoms with Crippen LogP contribution >= 0.6 is 11.8 Å². The molecule has 1 nitrogen and oxygen atoms in total. The summed E-state index contributed by atoms with van der Waals surface area (Å²) in [4.78, 5) is 1.33. The summed E-state index contributed by atoms with van der Waals surface area (Å²) in [6.07, 6.45) is 2.60. The van der Waals surface area contributed by atoms with Crippen LogP contribution in [-0.2, 0) is 4.74 Å². The fraction of sp³-hybridized carbons (Fsp3) is 0.294. The molecule has 19 heavy (non-hydrogen) atoms. The minimum atomic E-state index is 0.222. The van der Waals surface area contributed by atoms with Crippen LogP contribution in [0.5, 0.6) is 0 Å². The van der Waals surface area contributed by atoms with Crippen molar-refractivity contribution in [3.05, 3.63) is 66.2 Å². The zero-order chi connectivity index (χ0) is 12.9. The first-order valence-corrected chi connectivity index (χ1v) is 7.70. The molecule has 2 atom stereocenters. The van der Waals surface area contributed by atoms with Gasteiger partial charge in [0.05, 0.1) is 6.10 Å². The van der Waals surface area contributed by atoms with Crippen LogP contribution < -0.4 is 0 Å². The van der Waals surface area contributed by atoms with E-state index in [0.717, 1.165) is 13.0 Å². The van der Waals surface area contributed by atoms with Gasteiger partial charge in [-0.3, -0.25) is 0 Å². The maximum Gasteiger partial charge on any atom is 0.0946 e. The van der Waals surface area contributed by atoms with Crippen LogP contribution in [0.15, 0.2) is 65.6 Å². The van der Waals surface area contributed by atoms with Gasteiger partial charge in [0.1, 0.15) is 0 Å². The Morgan fingerprint density at radius 1 is 0.895 bits per heavy atom. The molecule has 0 spiro atoms. The molecule has 0 aromatic heterocycles. The highest BCUT2D eigenvalue weighted by Gasteiger charge is 2.28. The Morgan fingerprint density at radius 3 is 2.32 bits per heavy atom. The van der Waals surface area contributed by atoms with Gasteiger partial charge in [-0.2, -0.15) is 0 Å². The summed E-state index contributed by atoms with van der Waals surface area (Å²) < 4.78 is 6.03. The van der Waals surface area contributed by atoms with Crippen LogP contribution in [0.4, 0.5) is 0 Å². The van der Waals surface area contributed by atoms with E-state index in [1.54, 1.807) is 0 Å². The van der Waals surface area contributed by atoms with Gasteiger partial charge in [0.2, 0.25) is 0 Å². The van der Waals surface area contributed by atoms with E-state index >= 15 is 0 Å². The van der Waals surface area contributed by atoms with E-state index < -0.39 is 0 Å². The zero-order valence-electron chi connectivity index (χ0n) is 10.9. The van der Waals surface area contributed by atoms with Crippen LogP contribution in [0, 0.1) is 0 Å². The van der Waals surface area contributed by atoms with Crippen LogP contribution in [0.1, 0.15) is 24.5 Å². The van der Waals surface area contributed by atoms with Crippen molar-refractivity contribution in [2.45, 2.75) is 29.1 Å². The summed E-state index contributed by atoms with van der Waals surface area (Å²) in [5, 5.41) is 0.513. The van der Waals surface area contributed by atoms with Crippen molar-refractivity contribution in [2.75, 3.05) is 6.61 Å². The van der Waals surface area contributed by atoms with Gasteiger partial charge in [-0.25, -0.2) is 0 Å². The van der Waals surface area contributed by atoms with Gasteiger partial charge in [0.25, 0.3) is 0 Å². The molecule has 3 rings (SSSR count). The fourth-order valence-electron chi connectivity index (χ4n) is 2.50. The average molecular weight is 270 g/mol. The maximum atomic E-state index is 6.03. The molecule has 1 aliphatic heterocycles. The van der Waals surface area contributed by atoms with E-state index in [1.807, 2.05) is 11.8 Å². The molecule has 0 radical (unpaired) electrons. The van der Waals surface area contributed by atoms with Crippen LogP contribution in [0.3, 0.4) is 0 Å². The van der Waals surface area contributed by atoms with Crippen molar-refractivity contribution < 1.29 is 4.74 Å². The molecule has 0 N–H and O–H groups in total. The highest BCUT2D eigenvalue weighted by atomic mass is 32.2. The van der Waals surface area contributed by atoms with E-state index in [9.17, 15) is 0 Å². The molecule has 1 heterocycles. The number of hydrogen-bond donors (Lipinski definition) is 0. The van der Waals surface area contributed by atoms with Crippen molar-refractivity contribution >= 4 is 11.8 Å². The quantitative estimate of drug-likeness (QED) is 0.799. The molecule has 2 heteroatoms. The third kappa shape index (κ3) is 3.20. The van der Waals surface area contributed by atoms with Crippen LogP contribution in [0.25, 0.3) is 0 Å². The first-order valence-electron chi connectivity index (χ1n) is 6.82. The minimum Gasteiger partial charge on any atom is -0.372 e. The Hall–Kier alpha value is -1.25. The van der Waals surface area contributed by atoms with E-state index in [4.69, 9.17) is 4.74 Å². The molecule has 0 saturated carbocycles. The molecule has 1 saturated heterocycles. The molecule has 1 aliphatic rings. The van der Waals surface area contributed by atoms with Crippen molar-refractivity contribution in [3.63, 3.8) is 0 Å². The summed E-state index contributed by atoms with van der Waals surface area (Å²) in [6, 6.07) is 21.2. The molecular weight excluding hydrogens is 252 g/mol. The number of benzene rings is 2.